The van der Waals surface area contributed by atoms with Crippen LogP contribution >= 0.6 is 23.1 Å². The first-order valence-corrected chi connectivity index (χ1v) is 9.35. The van der Waals surface area contributed by atoms with Crippen molar-refractivity contribution >= 4 is 40.2 Å². The number of rotatable bonds is 6. The van der Waals surface area contributed by atoms with Crippen LogP contribution in [0, 0.1) is 11.6 Å². The van der Waals surface area contributed by atoms with E-state index in [0.29, 0.717) is 20.8 Å². The number of hydrogen-bond donors (Lipinski definition) is 1. The molecule has 0 atom stereocenters. The van der Waals surface area contributed by atoms with Gasteiger partial charge in [0.2, 0.25) is 11.0 Å². The molecular formula is C18H13F2N3OS2. The molecule has 4 nitrogen and oxygen atoms in total. The Labute approximate surface area is 157 Å². The van der Waals surface area contributed by atoms with Crippen LogP contribution in [0.1, 0.15) is 11.1 Å². The second-order valence-corrected chi connectivity index (χ2v) is 7.33. The molecule has 0 fully saturated rings. The monoisotopic (exact) mass is 389 g/mol. The van der Waals surface area contributed by atoms with Gasteiger partial charge in [0, 0.05) is 17.4 Å². The lowest BCUT2D eigenvalue weighted by molar-refractivity contribution is -0.111. The second-order valence-electron chi connectivity index (χ2n) is 5.13. The molecule has 26 heavy (non-hydrogen) atoms. The maximum absolute atomic E-state index is 13.5. The molecule has 0 aliphatic heterocycles. The molecule has 0 bridgehead atoms. The summed E-state index contributed by atoms with van der Waals surface area (Å²) >= 11 is 2.68. The van der Waals surface area contributed by atoms with Gasteiger partial charge in [0.1, 0.15) is 11.6 Å². The second kappa shape index (κ2) is 8.68. The zero-order valence-electron chi connectivity index (χ0n) is 13.4. The summed E-state index contributed by atoms with van der Waals surface area (Å²) in [6.45, 7) is 0. The minimum Gasteiger partial charge on any atom is -0.297 e. The first kappa shape index (κ1) is 18.2. The summed E-state index contributed by atoms with van der Waals surface area (Å²) in [6, 6.07) is 12.4. The Morgan fingerprint density at radius 1 is 1.12 bits per heavy atom. The maximum Gasteiger partial charge on any atom is 0.250 e. The van der Waals surface area contributed by atoms with Crippen molar-refractivity contribution in [1.82, 2.24) is 10.2 Å². The van der Waals surface area contributed by atoms with Gasteiger partial charge in [0.05, 0.1) is 0 Å². The third kappa shape index (κ3) is 5.21. The van der Waals surface area contributed by atoms with Gasteiger partial charge in [-0.25, -0.2) is 8.78 Å². The fourth-order valence-corrected chi connectivity index (χ4v) is 3.68. The van der Waals surface area contributed by atoms with E-state index in [1.807, 2.05) is 0 Å². The molecule has 0 radical (unpaired) electrons. The van der Waals surface area contributed by atoms with Gasteiger partial charge < -0.3 is 0 Å². The van der Waals surface area contributed by atoms with Gasteiger partial charge >= 0.3 is 0 Å². The number of nitrogens with one attached hydrogen (secondary N) is 1. The van der Waals surface area contributed by atoms with E-state index in [9.17, 15) is 13.6 Å². The fourth-order valence-electron chi connectivity index (χ4n) is 1.97. The molecule has 1 N–H and O–H groups in total. The summed E-state index contributed by atoms with van der Waals surface area (Å²) in [5.74, 6) is -0.467. The lowest BCUT2D eigenvalue weighted by Gasteiger charge is -1.98. The third-order valence-corrected chi connectivity index (χ3v) is 5.27. The molecule has 3 rings (SSSR count). The molecule has 0 unspecified atom stereocenters. The fraction of sp³-hybridized carbons (Fsp3) is 0.0556. The van der Waals surface area contributed by atoms with Crippen molar-refractivity contribution < 1.29 is 13.6 Å². The van der Waals surface area contributed by atoms with E-state index in [4.69, 9.17) is 0 Å². The van der Waals surface area contributed by atoms with Crippen LogP contribution in [0.4, 0.5) is 13.9 Å². The highest BCUT2D eigenvalue weighted by Gasteiger charge is 2.07. The predicted molar refractivity (Wildman–Crippen MR) is 99.9 cm³/mol. The average molecular weight is 389 g/mol. The van der Waals surface area contributed by atoms with Crippen LogP contribution in [0.2, 0.25) is 0 Å². The van der Waals surface area contributed by atoms with Crippen molar-refractivity contribution in [3.05, 3.63) is 77.4 Å². The summed E-state index contributed by atoms with van der Waals surface area (Å²) in [5, 5.41) is 10.8. The van der Waals surface area contributed by atoms with E-state index in [2.05, 4.69) is 15.5 Å². The Morgan fingerprint density at radius 2 is 1.88 bits per heavy atom. The normalized spacial score (nSPS) is 11.0. The van der Waals surface area contributed by atoms with Gasteiger partial charge in [-0.2, -0.15) is 0 Å². The summed E-state index contributed by atoms with van der Waals surface area (Å²) in [4.78, 5) is 11.9. The Kier molecular flexibility index (Phi) is 6.08. The average Bonchev–Trinajstić information content (AvgIpc) is 3.08. The van der Waals surface area contributed by atoms with Crippen LogP contribution < -0.4 is 5.32 Å². The highest BCUT2D eigenvalue weighted by molar-refractivity contribution is 8.00. The van der Waals surface area contributed by atoms with Crippen molar-refractivity contribution in [2.24, 2.45) is 0 Å². The third-order valence-electron chi connectivity index (χ3n) is 3.23. The first-order chi connectivity index (χ1) is 12.6. The molecule has 0 aliphatic carbocycles. The number of amides is 1. The van der Waals surface area contributed by atoms with E-state index < -0.39 is 11.7 Å². The van der Waals surface area contributed by atoms with Gasteiger partial charge in [-0.05, 0) is 29.8 Å². The SMILES string of the molecule is O=C(/C=C/c1ccccc1F)Nc1nnc(SCc2ccc(F)cc2)s1. The summed E-state index contributed by atoms with van der Waals surface area (Å²) in [7, 11) is 0. The lowest BCUT2D eigenvalue weighted by Crippen LogP contribution is -2.07. The Morgan fingerprint density at radius 3 is 2.65 bits per heavy atom. The van der Waals surface area contributed by atoms with E-state index in [1.165, 1.54) is 53.4 Å². The van der Waals surface area contributed by atoms with Crippen LogP contribution in [-0.2, 0) is 10.5 Å². The number of hydrogen-bond acceptors (Lipinski definition) is 5. The van der Waals surface area contributed by atoms with Crippen molar-refractivity contribution in [3.63, 3.8) is 0 Å². The molecule has 0 saturated heterocycles. The van der Waals surface area contributed by atoms with Crippen LogP contribution in [-0.4, -0.2) is 16.1 Å². The van der Waals surface area contributed by atoms with E-state index in [1.54, 1.807) is 30.3 Å². The Bertz CT molecular complexity index is 926. The zero-order valence-corrected chi connectivity index (χ0v) is 15.0. The molecule has 2 aromatic carbocycles. The van der Waals surface area contributed by atoms with Gasteiger partial charge in [0.15, 0.2) is 4.34 Å². The van der Waals surface area contributed by atoms with Crippen molar-refractivity contribution in [2.75, 3.05) is 5.32 Å². The van der Waals surface area contributed by atoms with E-state index in [0.717, 1.165) is 5.56 Å². The van der Waals surface area contributed by atoms with Gasteiger partial charge in [-0.1, -0.05) is 53.4 Å². The lowest BCUT2D eigenvalue weighted by atomic mass is 10.2. The molecule has 0 saturated carbocycles. The molecular weight excluding hydrogens is 376 g/mol. The minimum atomic E-state index is -0.417. The number of aromatic nitrogens is 2. The number of halogens is 2. The maximum atomic E-state index is 13.5. The van der Waals surface area contributed by atoms with Gasteiger partial charge in [-0.15, -0.1) is 10.2 Å². The Hall–Kier alpha value is -2.58. The van der Waals surface area contributed by atoms with Crippen molar-refractivity contribution in [2.45, 2.75) is 10.1 Å². The number of benzene rings is 2. The van der Waals surface area contributed by atoms with Crippen molar-refractivity contribution in [3.8, 4) is 0 Å². The summed E-state index contributed by atoms with van der Waals surface area (Å²) in [5.41, 5.74) is 1.29. The van der Waals surface area contributed by atoms with Gasteiger partial charge in [-0.3, -0.25) is 10.1 Å². The molecule has 132 valence electrons. The highest BCUT2D eigenvalue weighted by Crippen LogP contribution is 2.28. The molecule has 8 heteroatoms. The van der Waals surface area contributed by atoms with E-state index >= 15 is 0 Å². The summed E-state index contributed by atoms with van der Waals surface area (Å²) in [6.07, 6.45) is 2.64. The van der Waals surface area contributed by atoms with Crippen LogP contribution in [0.5, 0.6) is 0 Å². The largest absolute Gasteiger partial charge is 0.297 e. The topological polar surface area (TPSA) is 54.9 Å². The van der Waals surface area contributed by atoms with Crippen LogP contribution in [0.3, 0.4) is 0 Å². The standard InChI is InChI=1S/C18H13F2N3OS2/c19-14-8-5-12(6-9-14)11-25-18-23-22-17(26-18)21-16(24)10-7-13-3-1-2-4-15(13)20/h1-10H,11H2,(H,21,22,24)/b10-7+. The highest BCUT2D eigenvalue weighted by atomic mass is 32.2. The minimum absolute atomic E-state index is 0.275. The molecule has 0 spiro atoms. The number of carbonyl (C=O) groups excluding carboxylic acids is 1. The summed E-state index contributed by atoms with van der Waals surface area (Å²) < 4.78 is 27.0. The molecule has 3 aromatic rings. The number of anilines is 1. The Balaban J connectivity index is 1.53. The first-order valence-electron chi connectivity index (χ1n) is 7.54. The van der Waals surface area contributed by atoms with Crippen molar-refractivity contribution in [1.29, 1.82) is 0 Å². The smallest absolute Gasteiger partial charge is 0.250 e. The van der Waals surface area contributed by atoms with Crippen LogP contribution in [0.15, 0.2) is 58.9 Å². The van der Waals surface area contributed by atoms with E-state index in [-0.39, 0.29) is 5.82 Å². The predicted octanol–water partition coefficient (Wildman–Crippen LogP) is 4.76. The van der Waals surface area contributed by atoms with Crippen LogP contribution in [0.25, 0.3) is 6.08 Å². The molecule has 1 aromatic heterocycles. The number of nitrogens with zero attached hydrogens (tertiary/aromatic N) is 2. The number of thioether (sulfide) groups is 1. The molecule has 0 aliphatic rings. The zero-order chi connectivity index (χ0) is 18.4. The quantitative estimate of drug-likeness (QED) is 0.375. The molecule has 1 amide bonds. The van der Waals surface area contributed by atoms with Gasteiger partial charge in [0.25, 0.3) is 0 Å². The number of carbonyl (C=O) groups is 1. The molecule has 1 heterocycles.